The van der Waals surface area contributed by atoms with Crippen molar-refractivity contribution in [3.05, 3.63) is 25.3 Å². The van der Waals surface area contributed by atoms with Crippen molar-refractivity contribution in [2.45, 2.75) is 13.8 Å². The molecule has 0 aliphatic carbocycles. The van der Waals surface area contributed by atoms with Crippen LogP contribution in [0.1, 0.15) is 13.8 Å². The molecule has 3 heteroatoms. The Kier molecular flexibility index (Phi) is 4.65. The summed E-state index contributed by atoms with van der Waals surface area (Å²) in [4.78, 5) is 13.3. The maximum absolute atomic E-state index is 11.8. The summed E-state index contributed by atoms with van der Waals surface area (Å²) in [6.45, 7) is 11.2. The summed E-state index contributed by atoms with van der Waals surface area (Å²) in [5.41, 5.74) is -0.980. The van der Waals surface area contributed by atoms with E-state index >= 15 is 0 Å². The number of nitrogens with zero attached hydrogens (tertiary/aromatic N) is 2. The Balaban J connectivity index is 4.67. The van der Waals surface area contributed by atoms with Gasteiger partial charge in [-0.3, -0.25) is 4.79 Å². The van der Waals surface area contributed by atoms with Crippen molar-refractivity contribution in [1.82, 2.24) is 4.90 Å². The van der Waals surface area contributed by atoms with Gasteiger partial charge in [0.25, 0.3) is 0 Å². The first-order valence-electron chi connectivity index (χ1n) is 4.42. The first kappa shape index (κ1) is 12.4. The summed E-state index contributed by atoms with van der Waals surface area (Å²) >= 11 is 0. The molecule has 0 unspecified atom stereocenters. The summed E-state index contributed by atoms with van der Waals surface area (Å²) in [6.07, 6.45) is 3.27. The molecule has 0 aliphatic heterocycles. The van der Waals surface area contributed by atoms with Crippen LogP contribution in [-0.4, -0.2) is 23.9 Å². The molecule has 1 amide bonds. The lowest BCUT2D eigenvalue weighted by Gasteiger charge is -2.25. The van der Waals surface area contributed by atoms with E-state index in [1.165, 1.54) is 0 Å². The van der Waals surface area contributed by atoms with Crippen molar-refractivity contribution < 1.29 is 4.79 Å². The molecule has 0 spiro atoms. The van der Waals surface area contributed by atoms with E-state index in [2.05, 4.69) is 13.2 Å². The second-order valence-corrected chi connectivity index (χ2v) is 3.52. The molecule has 0 saturated carbocycles. The minimum atomic E-state index is -0.980. The Morgan fingerprint density at radius 2 is 1.86 bits per heavy atom. The van der Waals surface area contributed by atoms with E-state index < -0.39 is 5.41 Å². The molecule has 3 nitrogen and oxygen atoms in total. The fourth-order valence-corrected chi connectivity index (χ4v) is 0.995. The lowest BCUT2D eigenvalue weighted by molar-refractivity contribution is -0.136. The van der Waals surface area contributed by atoms with Gasteiger partial charge >= 0.3 is 0 Å². The minimum Gasteiger partial charge on any atom is -0.334 e. The largest absolute Gasteiger partial charge is 0.334 e. The average Bonchev–Trinajstić information content (AvgIpc) is 2.16. The van der Waals surface area contributed by atoms with E-state index in [0.29, 0.717) is 13.1 Å². The van der Waals surface area contributed by atoms with Crippen LogP contribution in [0.3, 0.4) is 0 Å². The van der Waals surface area contributed by atoms with Gasteiger partial charge in [-0.2, -0.15) is 5.26 Å². The second kappa shape index (κ2) is 5.23. The smallest absolute Gasteiger partial charge is 0.243 e. The molecule has 0 aromatic heterocycles. The van der Waals surface area contributed by atoms with Gasteiger partial charge in [0.05, 0.1) is 6.07 Å². The molecule has 0 aromatic rings. The lowest BCUT2D eigenvalue weighted by atomic mass is 9.94. The van der Waals surface area contributed by atoms with Crippen LogP contribution in [0.25, 0.3) is 0 Å². The molecule has 0 aliphatic rings. The van der Waals surface area contributed by atoms with Crippen LogP contribution >= 0.6 is 0 Å². The van der Waals surface area contributed by atoms with Crippen LogP contribution in [0.2, 0.25) is 0 Å². The van der Waals surface area contributed by atoms with Gasteiger partial charge in [-0.05, 0) is 13.8 Å². The predicted molar refractivity (Wildman–Crippen MR) is 56.4 cm³/mol. The Labute approximate surface area is 85.3 Å². The van der Waals surface area contributed by atoms with E-state index in [1.807, 2.05) is 6.07 Å². The van der Waals surface area contributed by atoms with Crippen molar-refractivity contribution >= 4 is 5.91 Å². The summed E-state index contributed by atoms with van der Waals surface area (Å²) in [5, 5.41) is 8.80. The van der Waals surface area contributed by atoms with Crippen molar-refractivity contribution in [1.29, 1.82) is 5.26 Å². The van der Waals surface area contributed by atoms with Gasteiger partial charge < -0.3 is 4.90 Å². The van der Waals surface area contributed by atoms with Crippen LogP contribution in [0.4, 0.5) is 0 Å². The number of amides is 1. The Morgan fingerprint density at radius 1 is 1.43 bits per heavy atom. The number of hydrogen-bond acceptors (Lipinski definition) is 2. The van der Waals surface area contributed by atoms with Crippen molar-refractivity contribution in [2.24, 2.45) is 5.41 Å². The monoisotopic (exact) mass is 192 g/mol. The number of carbonyl (C=O) groups excluding carboxylic acids is 1. The molecule has 0 saturated heterocycles. The summed E-state index contributed by atoms with van der Waals surface area (Å²) in [6, 6.07) is 1.98. The van der Waals surface area contributed by atoms with Gasteiger partial charge in [-0.1, -0.05) is 12.2 Å². The fourth-order valence-electron chi connectivity index (χ4n) is 0.995. The molecule has 0 radical (unpaired) electrons. The van der Waals surface area contributed by atoms with E-state index in [9.17, 15) is 4.79 Å². The SMILES string of the molecule is C=CCN(CC=C)C(=O)C(C)(C)C#N. The number of nitriles is 1. The Hall–Kier alpha value is -1.56. The Morgan fingerprint density at radius 3 is 2.14 bits per heavy atom. The van der Waals surface area contributed by atoms with Gasteiger partial charge in [-0.15, -0.1) is 13.2 Å². The molecular weight excluding hydrogens is 176 g/mol. The normalized spacial score (nSPS) is 10.1. The topological polar surface area (TPSA) is 44.1 Å². The standard InChI is InChI=1S/C11H16N2O/c1-5-7-13(8-6-2)10(14)11(3,4)9-12/h5-6H,1-2,7-8H2,3-4H3. The third-order valence-electron chi connectivity index (χ3n) is 1.80. The highest BCUT2D eigenvalue weighted by atomic mass is 16.2. The van der Waals surface area contributed by atoms with Crippen LogP contribution in [0.5, 0.6) is 0 Å². The van der Waals surface area contributed by atoms with Gasteiger partial charge in [-0.25, -0.2) is 0 Å². The zero-order valence-corrected chi connectivity index (χ0v) is 8.79. The summed E-state index contributed by atoms with van der Waals surface area (Å²) in [7, 11) is 0. The minimum absolute atomic E-state index is 0.195. The van der Waals surface area contributed by atoms with Gasteiger partial charge in [0.1, 0.15) is 5.41 Å². The molecule has 0 fully saturated rings. The fraction of sp³-hybridized carbons (Fsp3) is 0.455. The molecule has 0 atom stereocenters. The van der Waals surface area contributed by atoms with Crippen LogP contribution in [-0.2, 0) is 4.79 Å². The van der Waals surface area contributed by atoms with Crippen molar-refractivity contribution in [3.8, 4) is 6.07 Å². The summed E-state index contributed by atoms with van der Waals surface area (Å²) < 4.78 is 0. The van der Waals surface area contributed by atoms with E-state index in [1.54, 1.807) is 30.9 Å². The van der Waals surface area contributed by atoms with E-state index in [4.69, 9.17) is 5.26 Å². The third kappa shape index (κ3) is 3.06. The predicted octanol–water partition coefficient (Wildman–Crippen LogP) is 1.74. The van der Waals surface area contributed by atoms with Crippen molar-refractivity contribution in [3.63, 3.8) is 0 Å². The first-order valence-corrected chi connectivity index (χ1v) is 4.42. The van der Waals surface area contributed by atoms with Gasteiger partial charge in [0.15, 0.2) is 0 Å². The average molecular weight is 192 g/mol. The maximum Gasteiger partial charge on any atom is 0.243 e. The van der Waals surface area contributed by atoms with Crippen molar-refractivity contribution in [2.75, 3.05) is 13.1 Å². The molecule has 0 rings (SSSR count). The second-order valence-electron chi connectivity index (χ2n) is 3.52. The number of carbonyl (C=O) groups is 1. The number of hydrogen-bond donors (Lipinski definition) is 0. The number of rotatable bonds is 5. The quantitative estimate of drug-likeness (QED) is 0.623. The molecule has 76 valence electrons. The Bertz CT molecular complexity index is 264. The zero-order valence-electron chi connectivity index (χ0n) is 8.79. The molecule has 0 bridgehead atoms. The van der Waals surface area contributed by atoms with Gasteiger partial charge in [0.2, 0.25) is 5.91 Å². The lowest BCUT2D eigenvalue weighted by Crippen LogP contribution is -2.40. The highest BCUT2D eigenvalue weighted by molar-refractivity contribution is 5.84. The molecule has 0 aromatic carbocycles. The van der Waals surface area contributed by atoms with E-state index in [0.717, 1.165) is 0 Å². The maximum atomic E-state index is 11.8. The highest BCUT2D eigenvalue weighted by Crippen LogP contribution is 2.17. The van der Waals surface area contributed by atoms with Crippen LogP contribution in [0, 0.1) is 16.7 Å². The highest BCUT2D eigenvalue weighted by Gasteiger charge is 2.30. The molecule has 14 heavy (non-hydrogen) atoms. The van der Waals surface area contributed by atoms with Crippen LogP contribution in [0.15, 0.2) is 25.3 Å². The van der Waals surface area contributed by atoms with Gasteiger partial charge in [0, 0.05) is 13.1 Å². The molecular formula is C11H16N2O. The first-order chi connectivity index (χ1) is 6.49. The van der Waals surface area contributed by atoms with E-state index in [-0.39, 0.29) is 5.91 Å². The van der Waals surface area contributed by atoms with Crippen LogP contribution < -0.4 is 0 Å². The molecule has 0 heterocycles. The third-order valence-corrected chi connectivity index (χ3v) is 1.80. The zero-order chi connectivity index (χ0) is 11.2. The summed E-state index contributed by atoms with van der Waals surface area (Å²) in [5.74, 6) is -0.195. The molecule has 0 N–H and O–H groups in total.